The molecule has 0 bridgehead atoms. The first kappa shape index (κ1) is 15.4. The van der Waals surface area contributed by atoms with Gasteiger partial charge in [0.2, 0.25) is 0 Å². The van der Waals surface area contributed by atoms with Crippen LogP contribution in [-0.2, 0) is 11.3 Å². The molecular formula is C16H17F2NO2. The zero-order chi connectivity index (χ0) is 15.1. The van der Waals surface area contributed by atoms with Crippen molar-refractivity contribution in [3.8, 4) is 0 Å². The average molecular weight is 293 g/mol. The van der Waals surface area contributed by atoms with Gasteiger partial charge in [0, 0.05) is 18.3 Å². The predicted molar refractivity (Wildman–Crippen MR) is 77.0 cm³/mol. The number of hydrogen-bond acceptors (Lipinski definition) is 3. The maximum Gasteiger partial charge on any atom is 0.128 e. The van der Waals surface area contributed by atoms with Crippen LogP contribution in [0.4, 0.5) is 14.5 Å². The fraction of sp³-hybridized carbons (Fsp3) is 0.250. The molecule has 3 nitrogen and oxygen atoms in total. The van der Waals surface area contributed by atoms with Crippen molar-refractivity contribution in [2.24, 2.45) is 0 Å². The number of nitrogens with one attached hydrogen (secondary N) is 1. The number of ether oxygens (including phenoxy) is 1. The molecule has 1 unspecified atom stereocenters. The average Bonchev–Trinajstić information content (AvgIpc) is 2.45. The number of hydrogen-bond donors (Lipinski definition) is 2. The fourth-order valence-electron chi connectivity index (χ4n) is 1.84. The number of benzene rings is 2. The lowest BCUT2D eigenvalue weighted by Gasteiger charge is -2.13. The monoisotopic (exact) mass is 293 g/mol. The van der Waals surface area contributed by atoms with Gasteiger partial charge in [-0.15, -0.1) is 0 Å². The first-order valence-corrected chi connectivity index (χ1v) is 6.63. The minimum absolute atomic E-state index is 0.139. The summed E-state index contributed by atoms with van der Waals surface area (Å²) in [6.45, 7) is 0.698. The Balaban J connectivity index is 1.71. The van der Waals surface area contributed by atoms with Gasteiger partial charge in [-0.2, -0.15) is 0 Å². The van der Waals surface area contributed by atoms with Crippen LogP contribution in [0.5, 0.6) is 0 Å². The Morgan fingerprint density at radius 1 is 1.05 bits per heavy atom. The van der Waals surface area contributed by atoms with Crippen molar-refractivity contribution >= 4 is 5.69 Å². The van der Waals surface area contributed by atoms with Gasteiger partial charge in [0.25, 0.3) is 0 Å². The van der Waals surface area contributed by atoms with Crippen molar-refractivity contribution in [3.63, 3.8) is 0 Å². The highest BCUT2D eigenvalue weighted by molar-refractivity contribution is 5.43. The van der Waals surface area contributed by atoms with Crippen molar-refractivity contribution in [3.05, 3.63) is 65.7 Å². The molecule has 0 saturated heterocycles. The zero-order valence-corrected chi connectivity index (χ0v) is 11.4. The third-order valence-electron chi connectivity index (χ3n) is 2.83. The molecule has 2 aromatic rings. The molecule has 2 aromatic carbocycles. The Hall–Kier alpha value is -1.98. The van der Waals surface area contributed by atoms with Crippen molar-refractivity contribution in [1.29, 1.82) is 0 Å². The van der Waals surface area contributed by atoms with Gasteiger partial charge in [-0.25, -0.2) is 8.78 Å². The lowest BCUT2D eigenvalue weighted by atomic mass is 10.2. The number of halogens is 2. The van der Waals surface area contributed by atoms with Crippen LogP contribution in [0.15, 0.2) is 48.5 Å². The fourth-order valence-corrected chi connectivity index (χ4v) is 1.84. The van der Waals surface area contributed by atoms with Crippen molar-refractivity contribution in [1.82, 2.24) is 0 Å². The highest BCUT2D eigenvalue weighted by Gasteiger charge is 2.06. The summed E-state index contributed by atoms with van der Waals surface area (Å²) in [6, 6.07) is 12.7. The first-order valence-electron chi connectivity index (χ1n) is 6.63. The molecule has 2 rings (SSSR count). The molecule has 0 aliphatic heterocycles. The van der Waals surface area contributed by atoms with E-state index in [4.69, 9.17) is 4.74 Å². The Kier molecular flexibility index (Phi) is 5.66. The third kappa shape index (κ3) is 5.49. The summed E-state index contributed by atoms with van der Waals surface area (Å²) in [5, 5.41) is 12.5. The van der Waals surface area contributed by atoms with Gasteiger partial charge in [0.1, 0.15) is 11.6 Å². The first-order chi connectivity index (χ1) is 10.1. The lowest BCUT2D eigenvalue weighted by Crippen LogP contribution is -2.24. The summed E-state index contributed by atoms with van der Waals surface area (Å²) in [5.74, 6) is -1.32. The predicted octanol–water partition coefficient (Wildman–Crippen LogP) is 2.95. The summed E-state index contributed by atoms with van der Waals surface area (Å²) in [6.07, 6.45) is -0.764. The minimum atomic E-state index is -0.764. The molecule has 21 heavy (non-hydrogen) atoms. The van der Waals surface area contributed by atoms with Crippen molar-refractivity contribution in [2.45, 2.75) is 12.7 Å². The molecule has 0 aliphatic rings. The molecular weight excluding hydrogens is 276 g/mol. The number of aliphatic hydroxyl groups is 1. The van der Waals surface area contributed by atoms with E-state index < -0.39 is 17.7 Å². The molecule has 1 atom stereocenters. The van der Waals surface area contributed by atoms with Gasteiger partial charge in [0.15, 0.2) is 0 Å². The minimum Gasteiger partial charge on any atom is -0.389 e. The van der Waals surface area contributed by atoms with Crippen LogP contribution in [0.25, 0.3) is 0 Å². The molecule has 2 N–H and O–H groups in total. The van der Waals surface area contributed by atoms with Crippen LogP contribution in [0.1, 0.15) is 5.56 Å². The Bertz CT molecular complexity index is 543. The van der Waals surface area contributed by atoms with Gasteiger partial charge in [-0.05, 0) is 17.7 Å². The van der Waals surface area contributed by atoms with Crippen LogP contribution in [-0.4, -0.2) is 24.4 Å². The van der Waals surface area contributed by atoms with Crippen LogP contribution in [0.2, 0.25) is 0 Å². The van der Waals surface area contributed by atoms with Gasteiger partial charge in [-0.3, -0.25) is 0 Å². The molecule has 0 spiro atoms. The van der Waals surface area contributed by atoms with E-state index in [2.05, 4.69) is 5.32 Å². The lowest BCUT2D eigenvalue weighted by molar-refractivity contribution is 0.0348. The topological polar surface area (TPSA) is 41.5 Å². The van der Waals surface area contributed by atoms with Crippen LogP contribution >= 0.6 is 0 Å². The number of anilines is 1. The van der Waals surface area contributed by atoms with E-state index in [1.165, 1.54) is 12.1 Å². The number of aliphatic hydroxyl groups excluding tert-OH is 1. The molecule has 0 heterocycles. The summed E-state index contributed by atoms with van der Waals surface area (Å²) in [4.78, 5) is 0. The molecule has 0 aromatic heterocycles. The van der Waals surface area contributed by atoms with Crippen LogP contribution in [0.3, 0.4) is 0 Å². The van der Waals surface area contributed by atoms with Crippen molar-refractivity contribution < 1.29 is 18.6 Å². The third-order valence-corrected chi connectivity index (χ3v) is 2.83. The van der Waals surface area contributed by atoms with Crippen LogP contribution in [0, 0.1) is 11.6 Å². The second-order valence-electron chi connectivity index (χ2n) is 4.69. The molecule has 0 amide bonds. The maximum atomic E-state index is 13.0. The van der Waals surface area contributed by atoms with E-state index in [0.717, 1.165) is 11.6 Å². The second kappa shape index (κ2) is 7.71. The molecule has 0 fully saturated rings. The summed E-state index contributed by atoms with van der Waals surface area (Å²) < 4.78 is 31.3. The quantitative estimate of drug-likeness (QED) is 0.824. The highest BCUT2D eigenvalue weighted by Crippen LogP contribution is 2.12. The van der Waals surface area contributed by atoms with Gasteiger partial charge >= 0.3 is 0 Å². The van der Waals surface area contributed by atoms with E-state index in [1.807, 2.05) is 30.3 Å². The highest BCUT2D eigenvalue weighted by atomic mass is 19.1. The van der Waals surface area contributed by atoms with Crippen LogP contribution < -0.4 is 5.32 Å². The maximum absolute atomic E-state index is 13.0. The molecule has 5 heteroatoms. The smallest absolute Gasteiger partial charge is 0.128 e. The molecule has 0 radical (unpaired) electrons. The molecule has 112 valence electrons. The van der Waals surface area contributed by atoms with Gasteiger partial charge < -0.3 is 15.2 Å². The summed E-state index contributed by atoms with van der Waals surface area (Å²) in [7, 11) is 0. The van der Waals surface area contributed by atoms with E-state index in [1.54, 1.807) is 0 Å². The normalized spacial score (nSPS) is 12.1. The van der Waals surface area contributed by atoms with E-state index >= 15 is 0 Å². The SMILES string of the molecule is OC(CNc1cc(F)cc(F)c1)COCc1ccccc1. The number of rotatable bonds is 7. The van der Waals surface area contributed by atoms with E-state index in [9.17, 15) is 13.9 Å². The largest absolute Gasteiger partial charge is 0.389 e. The Morgan fingerprint density at radius 2 is 1.71 bits per heavy atom. The Labute approximate surface area is 122 Å². The van der Waals surface area contributed by atoms with Crippen molar-refractivity contribution in [2.75, 3.05) is 18.5 Å². The van der Waals surface area contributed by atoms with Gasteiger partial charge in [0.05, 0.1) is 19.3 Å². The summed E-state index contributed by atoms with van der Waals surface area (Å²) in [5.41, 5.74) is 1.31. The molecule has 0 saturated carbocycles. The standard InChI is InChI=1S/C16H17F2NO2/c17-13-6-14(18)8-15(7-13)19-9-16(20)11-21-10-12-4-2-1-3-5-12/h1-8,16,19-20H,9-11H2. The van der Waals surface area contributed by atoms with Gasteiger partial charge in [-0.1, -0.05) is 30.3 Å². The van der Waals surface area contributed by atoms with E-state index in [-0.39, 0.29) is 18.8 Å². The zero-order valence-electron chi connectivity index (χ0n) is 11.4. The Morgan fingerprint density at radius 3 is 2.38 bits per heavy atom. The van der Waals surface area contributed by atoms with E-state index in [0.29, 0.717) is 6.61 Å². The summed E-state index contributed by atoms with van der Waals surface area (Å²) >= 11 is 0. The second-order valence-corrected chi connectivity index (χ2v) is 4.69. The molecule has 0 aliphatic carbocycles.